The van der Waals surface area contributed by atoms with Gasteiger partial charge in [0.15, 0.2) is 16.4 Å². The van der Waals surface area contributed by atoms with E-state index in [1.165, 1.54) is 44.6 Å². The second-order valence-corrected chi connectivity index (χ2v) is 8.52. The Morgan fingerprint density at radius 3 is 2.24 bits per heavy atom. The van der Waals surface area contributed by atoms with Crippen LogP contribution in [0.25, 0.3) is 0 Å². The van der Waals surface area contributed by atoms with Crippen molar-refractivity contribution >= 4 is 33.0 Å². The van der Waals surface area contributed by atoms with Crippen LogP contribution >= 0.6 is 0 Å². The Kier molecular flexibility index (Phi) is 7.13. The first kappa shape index (κ1) is 23.5. The van der Waals surface area contributed by atoms with Crippen molar-refractivity contribution < 1.29 is 27.6 Å². The van der Waals surface area contributed by atoms with Crippen LogP contribution in [0.1, 0.15) is 0 Å². The van der Waals surface area contributed by atoms with Crippen LogP contribution in [0.15, 0.2) is 77.7 Å². The third kappa shape index (κ3) is 5.21. The van der Waals surface area contributed by atoms with Gasteiger partial charge in [-0.15, -0.1) is 0 Å². The monoisotopic (exact) mass is 471 g/mol. The average Bonchev–Trinajstić information content (AvgIpc) is 2.82. The quantitative estimate of drug-likeness (QED) is 0.374. The summed E-state index contributed by atoms with van der Waals surface area (Å²) in [4.78, 5) is 23.0. The fourth-order valence-electron chi connectivity index (χ4n) is 3.10. The second kappa shape index (κ2) is 10.0. The molecule has 0 radical (unpaired) electrons. The molecule has 3 rings (SSSR count). The van der Waals surface area contributed by atoms with E-state index in [0.717, 1.165) is 16.4 Å². The highest BCUT2D eigenvalue weighted by Crippen LogP contribution is 2.31. The van der Waals surface area contributed by atoms with E-state index in [0.29, 0.717) is 17.2 Å². The first-order chi connectivity index (χ1) is 15.8. The van der Waals surface area contributed by atoms with Crippen LogP contribution in [0.5, 0.6) is 11.5 Å². The number of rotatable bonds is 9. The predicted octanol–water partition coefficient (Wildman–Crippen LogP) is 3.45. The van der Waals surface area contributed by atoms with Crippen molar-refractivity contribution in [2.45, 2.75) is 4.90 Å². The molecule has 0 bridgehead atoms. The molecule has 0 saturated carbocycles. The van der Waals surface area contributed by atoms with Gasteiger partial charge < -0.3 is 14.8 Å². The first-order valence-corrected chi connectivity index (χ1v) is 11.0. The molecule has 1 N–H and O–H groups in total. The van der Waals surface area contributed by atoms with E-state index >= 15 is 0 Å². The summed E-state index contributed by atoms with van der Waals surface area (Å²) in [5.74, 6) is 0.177. The number of para-hydroxylation sites is 2. The zero-order valence-electron chi connectivity index (χ0n) is 17.8. The van der Waals surface area contributed by atoms with E-state index in [1.54, 1.807) is 30.3 Å². The summed E-state index contributed by atoms with van der Waals surface area (Å²) < 4.78 is 38.1. The molecule has 0 aliphatic rings. The van der Waals surface area contributed by atoms with E-state index in [4.69, 9.17) is 9.47 Å². The molecular formula is C22H21N3O7S. The fourth-order valence-corrected chi connectivity index (χ4v) is 4.68. The van der Waals surface area contributed by atoms with E-state index in [9.17, 15) is 23.3 Å². The number of methoxy groups -OCH3 is 2. The molecule has 33 heavy (non-hydrogen) atoms. The number of anilines is 2. The van der Waals surface area contributed by atoms with Gasteiger partial charge in [-0.25, -0.2) is 8.42 Å². The van der Waals surface area contributed by atoms with Gasteiger partial charge in [-0.3, -0.25) is 19.2 Å². The van der Waals surface area contributed by atoms with E-state index in [-0.39, 0.29) is 5.69 Å². The SMILES string of the molecule is COc1ccc(NC(=O)CN(c2ccccc2)S(=O)(=O)c2ccccc2[N+](=O)[O-])cc1OC. The smallest absolute Gasteiger partial charge is 0.289 e. The van der Waals surface area contributed by atoms with Gasteiger partial charge in [-0.2, -0.15) is 0 Å². The van der Waals surface area contributed by atoms with Gasteiger partial charge >= 0.3 is 0 Å². The average molecular weight is 471 g/mol. The lowest BCUT2D eigenvalue weighted by atomic mass is 10.2. The minimum Gasteiger partial charge on any atom is -0.493 e. The number of nitrogens with zero attached hydrogens (tertiary/aromatic N) is 2. The highest BCUT2D eigenvalue weighted by Gasteiger charge is 2.33. The minimum absolute atomic E-state index is 0.179. The number of nitro groups is 1. The number of hydrogen-bond donors (Lipinski definition) is 1. The summed E-state index contributed by atoms with van der Waals surface area (Å²) in [5, 5.41) is 14.0. The third-order valence-electron chi connectivity index (χ3n) is 4.63. The van der Waals surface area contributed by atoms with Gasteiger partial charge in [0.05, 0.1) is 24.8 Å². The fraction of sp³-hybridized carbons (Fsp3) is 0.136. The number of benzene rings is 3. The number of sulfonamides is 1. The zero-order chi connectivity index (χ0) is 24.0. The standard InChI is InChI=1S/C22H21N3O7S/c1-31-19-13-12-16(14-20(19)32-2)23-22(26)15-24(17-8-4-3-5-9-17)33(29,30)21-11-7-6-10-18(21)25(27)28/h3-14H,15H2,1-2H3,(H,23,26). The van der Waals surface area contributed by atoms with Crippen LogP contribution in [0.3, 0.4) is 0 Å². The lowest BCUT2D eigenvalue weighted by molar-refractivity contribution is -0.387. The topological polar surface area (TPSA) is 128 Å². The second-order valence-electron chi connectivity index (χ2n) is 6.69. The van der Waals surface area contributed by atoms with Crippen molar-refractivity contribution in [2.24, 2.45) is 0 Å². The molecule has 0 heterocycles. The van der Waals surface area contributed by atoms with Crippen LogP contribution in [-0.2, 0) is 14.8 Å². The molecule has 3 aromatic rings. The van der Waals surface area contributed by atoms with Gasteiger partial charge in [0.25, 0.3) is 15.7 Å². The molecule has 0 spiro atoms. The first-order valence-electron chi connectivity index (χ1n) is 9.61. The number of ether oxygens (including phenoxy) is 2. The lowest BCUT2D eigenvalue weighted by Gasteiger charge is -2.24. The highest BCUT2D eigenvalue weighted by molar-refractivity contribution is 7.93. The van der Waals surface area contributed by atoms with Gasteiger partial charge in [0.2, 0.25) is 5.91 Å². The van der Waals surface area contributed by atoms with Crippen LogP contribution in [-0.4, -0.2) is 40.0 Å². The Morgan fingerprint density at radius 1 is 0.970 bits per heavy atom. The van der Waals surface area contributed by atoms with E-state index in [2.05, 4.69) is 5.32 Å². The number of amides is 1. The summed E-state index contributed by atoms with van der Waals surface area (Å²) in [6.45, 7) is -0.618. The zero-order valence-corrected chi connectivity index (χ0v) is 18.6. The molecule has 11 heteroatoms. The summed E-state index contributed by atoms with van der Waals surface area (Å²) in [6.07, 6.45) is 0. The Labute approximate surface area is 190 Å². The van der Waals surface area contributed by atoms with Gasteiger partial charge in [0, 0.05) is 17.8 Å². The number of nitrogens with one attached hydrogen (secondary N) is 1. The Hall–Kier alpha value is -4.12. The summed E-state index contributed by atoms with van der Waals surface area (Å²) in [6, 6.07) is 17.5. The lowest BCUT2D eigenvalue weighted by Crippen LogP contribution is -2.38. The van der Waals surface area contributed by atoms with Crippen molar-refractivity contribution in [3.05, 3.63) is 82.9 Å². The maximum absolute atomic E-state index is 13.4. The molecule has 1 amide bonds. The molecule has 0 fully saturated rings. The normalized spacial score (nSPS) is 10.8. The molecule has 0 atom stereocenters. The number of hydrogen-bond acceptors (Lipinski definition) is 7. The maximum Gasteiger partial charge on any atom is 0.289 e. The van der Waals surface area contributed by atoms with E-state index < -0.39 is 38.0 Å². The molecule has 10 nitrogen and oxygen atoms in total. The van der Waals surface area contributed by atoms with Crippen molar-refractivity contribution in [1.29, 1.82) is 0 Å². The van der Waals surface area contributed by atoms with Crippen LogP contribution < -0.4 is 19.1 Å². The number of carbonyl (C=O) groups is 1. The molecule has 0 aliphatic carbocycles. The number of nitro benzene ring substituents is 1. The summed E-state index contributed by atoms with van der Waals surface area (Å²) >= 11 is 0. The largest absolute Gasteiger partial charge is 0.493 e. The van der Waals surface area contributed by atoms with Crippen LogP contribution in [0.2, 0.25) is 0 Å². The summed E-state index contributed by atoms with van der Waals surface area (Å²) in [5.41, 5.74) is -0.0504. The van der Waals surface area contributed by atoms with Gasteiger partial charge in [0.1, 0.15) is 6.54 Å². The number of carbonyl (C=O) groups excluding carboxylic acids is 1. The molecule has 0 aliphatic heterocycles. The Balaban J connectivity index is 1.96. The molecule has 0 unspecified atom stereocenters. The minimum atomic E-state index is -4.45. The molecular weight excluding hydrogens is 450 g/mol. The Bertz CT molecular complexity index is 1260. The third-order valence-corrected chi connectivity index (χ3v) is 6.45. The Morgan fingerprint density at radius 2 is 1.61 bits per heavy atom. The summed E-state index contributed by atoms with van der Waals surface area (Å²) in [7, 11) is -1.54. The van der Waals surface area contributed by atoms with Gasteiger partial charge in [-0.1, -0.05) is 30.3 Å². The van der Waals surface area contributed by atoms with Crippen molar-refractivity contribution in [3.8, 4) is 11.5 Å². The molecule has 0 saturated heterocycles. The van der Waals surface area contributed by atoms with Crippen molar-refractivity contribution in [2.75, 3.05) is 30.4 Å². The van der Waals surface area contributed by atoms with Crippen LogP contribution in [0, 0.1) is 10.1 Å². The maximum atomic E-state index is 13.4. The molecule has 3 aromatic carbocycles. The molecule has 172 valence electrons. The van der Waals surface area contributed by atoms with Crippen molar-refractivity contribution in [1.82, 2.24) is 0 Å². The highest BCUT2D eigenvalue weighted by atomic mass is 32.2. The molecule has 0 aromatic heterocycles. The predicted molar refractivity (Wildman–Crippen MR) is 122 cm³/mol. The van der Waals surface area contributed by atoms with Gasteiger partial charge in [-0.05, 0) is 30.3 Å². The van der Waals surface area contributed by atoms with Crippen LogP contribution in [0.4, 0.5) is 17.1 Å². The van der Waals surface area contributed by atoms with E-state index in [1.807, 2.05) is 0 Å². The van der Waals surface area contributed by atoms with Crippen molar-refractivity contribution in [3.63, 3.8) is 0 Å².